The highest BCUT2D eigenvalue weighted by atomic mass is 35.5. The first kappa shape index (κ1) is 9.53. The van der Waals surface area contributed by atoms with E-state index in [1.807, 2.05) is 26.2 Å². The molecule has 0 radical (unpaired) electrons. The molecule has 0 saturated heterocycles. The van der Waals surface area contributed by atoms with E-state index in [-0.39, 0.29) is 5.38 Å². The van der Waals surface area contributed by atoms with Crippen molar-refractivity contribution in [3.05, 3.63) is 29.6 Å². The van der Waals surface area contributed by atoms with Crippen molar-refractivity contribution in [3.63, 3.8) is 0 Å². The molecule has 1 heterocycles. The van der Waals surface area contributed by atoms with Crippen molar-refractivity contribution >= 4 is 11.6 Å². The van der Waals surface area contributed by atoms with Gasteiger partial charge in [-0.3, -0.25) is 4.98 Å². The first-order valence-corrected chi connectivity index (χ1v) is 4.60. The van der Waals surface area contributed by atoms with Crippen molar-refractivity contribution in [2.24, 2.45) is 0 Å². The highest BCUT2D eigenvalue weighted by Gasteiger charge is 2.11. The number of rotatable bonds is 2. The summed E-state index contributed by atoms with van der Waals surface area (Å²) in [6.07, 6.45) is 3.74. The van der Waals surface area contributed by atoms with Crippen LogP contribution < -0.4 is 0 Å². The number of alkyl halides is 1. The summed E-state index contributed by atoms with van der Waals surface area (Å²) in [4.78, 5) is 4.13. The molecule has 0 aliphatic rings. The van der Waals surface area contributed by atoms with Crippen LogP contribution in [-0.4, -0.2) is 10.4 Å². The summed E-state index contributed by atoms with van der Waals surface area (Å²) in [6, 6.07) is 2.14. The van der Waals surface area contributed by atoms with E-state index in [9.17, 15) is 0 Å². The lowest BCUT2D eigenvalue weighted by Crippen LogP contribution is -2.05. The third kappa shape index (κ3) is 2.21. The zero-order valence-electron chi connectivity index (χ0n) is 7.71. The topological polar surface area (TPSA) is 12.9 Å². The van der Waals surface area contributed by atoms with E-state index in [1.165, 1.54) is 11.1 Å². The number of hydrogen-bond acceptors (Lipinski definition) is 1. The molecule has 0 aromatic carbocycles. The van der Waals surface area contributed by atoms with E-state index in [4.69, 9.17) is 11.6 Å². The highest BCUT2D eigenvalue weighted by Crippen LogP contribution is 2.22. The Bertz CT molecular complexity index is 258. The lowest BCUT2D eigenvalue weighted by molar-refractivity contribution is 0.737. The predicted molar refractivity (Wildman–Crippen MR) is 52.7 cm³/mol. The molecule has 2 atom stereocenters. The summed E-state index contributed by atoms with van der Waals surface area (Å²) >= 11 is 5.99. The molecule has 0 saturated carbocycles. The fourth-order valence-electron chi connectivity index (χ4n) is 1.09. The van der Waals surface area contributed by atoms with Crippen LogP contribution in [0.15, 0.2) is 18.5 Å². The lowest BCUT2D eigenvalue weighted by Gasteiger charge is -2.13. The summed E-state index contributed by atoms with van der Waals surface area (Å²) in [5.41, 5.74) is 2.41. The van der Waals surface area contributed by atoms with Gasteiger partial charge in [0, 0.05) is 17.8 Å². The number of hydrogen-bond donors (Lipinski definition) is 0. The molecule has 1 aromatic rings. The van der Waals surface area contributed by atoms with E-state index < -0.39 is 0 Å². The maximum absolute atomic E-state index is 5.99. The second-order valence-corrected chi connectivity index (χ2v) is 3.95. The smallest absolute Gasteiger partial charge is 0.0374 e. The Kier molecular flexibility index (Phi) is 3.10. The molecule has 1 aromatic heterocycles. The van der Waals surface area contributed by atoms with Gasteiger partial charge in [-0.1, -0.05) is 13.0 Å². The van der Waals surface area contributed by atoms with Gasteiger partial charge in [0.2, 0.25) is 0 Å². The number of aryl methyl sites for hydroxylation is 1. The fourth-order valence-corrected chi connectivity index (χ4v) is 1.24. The average molecular weight is 184 g/mol. The normalized spacial score (nSPS) is 15.7. The van der Waals surface area contributed by atoms with E-state index in [0.29, 0.717) is 5.92 Å². The number of halogens is 1. The standard InChI is InChI=1S/C10H14ClN/c1-7-4-10(6-12-5-7)8(2)9(3)11/h4-6,8-9H,1-3H3. The zero-order chi connectivity index (χ0) is 9.14. The Morgan fingerprint density at radius 2 is 2.00 bits per heavy atom. The minimum Gasteiger partial charge on any atom is -0.264 e. The Hall–Kier alpha value is -0.560. The SMILES string of the molecule is Cc1cncc(C(C)C(C)Cl)c1. The summed E-state index contributed by atoms with van der Waals surface area (Å²) in [6.45, 7) is 6.17. The molecule has 0 amide bonds. The molecule has 0 aliphatic heterocycles. The Balaban J connectivity index is 2.88. The van der Waals surface area contributed by atoms with Crippen LogP contribution in [0.1, 0.15) is 30.9 Å². The van der Waals surface area contributed by atoms with E-state index >= 15 is 0 Å². The van der Waals surface area contributed by atoms with Crippen LogP contribution in [0, 0.1) is 6.92 Å². The largest absolute Gasteiger partial charge is 0.264 e. The monoisotopic (exact) mass is 183 g/mol. The van der Waals surface area contributed by atoms with E-state index in [2.05, 4.69) is 18.0 Å². The molecule has 2 heteroatoms. The molecule has 66 valence electrons. The van der Waals surface area contributed by atoms with E-state index in [0.717, 1.165) is 0 Å². The molecule has 0 N–H and O–H groups in total. The molecule has 1 rings (SSSR count). The van der Waals surface area contributed by atoms with Gasteiger partial charge in [-0.25, -0.2) is 0 Å². The van der Waals surface area contributed by atoms with Gasteiger partial charge in [0.05, 0.1) is 0 Å². The molecular weight excluding hydrogens is 170 g/mol. The quantitative estimate of drug-likeness (QED) is 0.642. The number of aromatic nitrogens is 1. The van der Waals surface area contributed by atoms with Gasteiger partial charge in [-0.2, -0.15) is 0 Å². The summed E-state index contributed by atoms with van der Waals surface area (Å²) in [7, 11) is 0. The summed E-state index contributed by atoms with van der Waals surface area (Å²) in [5.74, 6) is 0.374. The van der Waals surface area contributed by atoms with Crippen LogP contribution in [-0.2, 0) is 0 Å². The third-order valence-corrected chi connectivity index (χ3v) is 2.49. The van der Waals surface area contributed by atoms with Crippen molar-refractivity contribution in [1.82, 2.24) is 4.98 Å². The van der Waals surface area contributed by atoms with E-state index in [1.54, 1.807) is 0 Å². The van der Waals surface area contributed by atoms with Gasteiger partial charge in [0.1, 0.15) is 0 Å². The van der Waals surface area contributed by atoms with Crippen LogP contribution in [0.2, 0.25) is 0 Å². The first-order chi connectivity index (χ1) is 5.61. The molecule has 0 aliphatic carbocycles. The maximum atomic E-state index is 5.99. The van der Waals surface area contributed by atoms with Gasteiger partial charge in [0.15, 0.2) is 0 Å². The van der Waals surface area contributed by atoms with Crippen molar-refractivity contribution < 1.29 is 0 Å². The first-order valence-electron chi connectivity index (χ1n) is 4.17. The second-order valence-electron chi connectivity index (χ2n) is 3.26. The van der Waals surface area contributed by atoms with Gasteiger partial charge in [-0.05, 0) is 30.9 Å². The molecule has 0 bridgehead atoms. The summed E-state index contributed by atoms with van der Waals surface area (Å²) < 4.78 is 0. The summed E-state index contributed by atoms with van der Waals surface area (Å²) in [5, 5.41) is 0.161. The second kappa shape index (κ2) is 3.90. The van der Waals surface area contributed by atoms with Crippen molar-refractivity contribution in [2.75, 3.05) is 0 Å². The van der Waals surface area contributed by atoms with Gasteiger partial charge < -0.3 is 0 Å². The van der Waals surface area contributed by atoms with Crippen molar-refractivity contribution in [2.45, 2.75) is 32.1 Å². The highest BCUT2D eigenvalue weighted by molar-refractivity contribution is 6.20. The maximum Gasteiger partial charge on any atom is 0.0374 e. The Morgan fingerprint density at radius 3 is 2.50 bits per heavy atom. The third-order valence-electron chi connectivity index (χ3n) is 2.11. The van der Waals surface area contributed by atoms with Crippen LogP contribution in [0.3, 0.4) is 0 Å². The van der Waals surface area contributed by atoms with Crippen LogP contribution in [0.4, 0.5) is 0 Å². The van der Waals surface area contributed by atoms with Gasteiger partial charge >= 0.3 is 0 Å². The number of pyridine rings is 1. The van der Waals surface area contributed by atoms with Crippen LogP contribution >= 0.6 is 11.6 Å². The minimum atomic E-state index is 0.161. The average Bonchev–Trinajstić information content (AvgIpc) is 2.03. The molecule has 2 unspecified atom stereocenters. The van der Waals surface area contributed by atoms with Crippen LogP contribution in [0.25, 0.3) is 0 Å². The predicted octanol–water partition coefficient (Wildman–Crippen LogP) is 3.12. The lowest BCUT2D eigenvalue weighted by atomic mass is 9.99. The van der Waals surface area contributed by atoms with Gasteiger partial charge in [-0.15, -0.1) is 11.6 Å². The van der Waals surface area contributed by atoms with Crippen molar-refractivity contribution in [1.29, 1.82) is 0 Å². The number of nitrogens with zero attached hydrogens (tertiary/aromatic N) is 1. The Morgan fingerprint density at radius 1 is 1.33 bits per heavy atom. The molecule has 1 nitrogen and oxygen atoms in total. The Labute approximate surface area is 78.8 Å². The fraction of sp³-hybridized carbons (Fsp3) is 0.500. The molecule has 12 heavy (non-hydrogen) atoms. The van der Waals surface area contributed by atoms with Gasteiger partial charge in [0.25, 0.3) is 0 Å². The molecule has 0 spiro atoms. The zero-order valence-corrected chi connectivity index (χ0v) is 8.47. The minimum absolute atomic E-state index is 0.161. The van der Waals surface area contributed by atoms with Crippen molar-refractivity contribution in [3.8, 4) is 0 Å². The molecular formula is C10H14ClN. The molecule has 0 fully saturated rings. The van der Waals surface area contributed by atoms with Crippen LogP contribution in [0.5, 0.6) is 0 Å².